The van der Waals surface area contributed by atoms with Gasteiger partial charge in [0, 0.05) is 20.1 Å². The van der Waals surface area contributed by atoms with Crippen LogP contribution in [0.3, 0.4) is 0 Å². The summed E-state index contributed by atoms with van der Waals surface area (Å²) in [6.45, 7) is 0.691. The van der Waals surface area contributed by atoms with Gasteiger partial charge >= 0.3 is 6.18 Å². The third kappa shape index (κ3) is 5.13. The van der Waals surface area contributed by atoms with Crippen molar-refractivity contribution in [3.05, 3.63) is 40.8 Å². The number of alkyl halides is 4. The number of aryl methyl sites for hydroxylation is 1. The highest BCUT2D eigenvalue weighted by Gasteiger charge is 2.32. The Kier molecular flexibility index (Phi) is 6.10. The minimum Gasteiger partial charge on any atom is -0.387 e. The summed E-state index contributed by atoms with van der Waals surface area (Å²) in [5.41, 5.74) is 0.710. The Morgan fingerprint density at radius 1 is 1.39 bits per heavy atom. The number of hydrogen-bond acceptors (Lipinski definition) is 7. The van der Waals surface area contributed by atoms with E-state index in [1.165, 1.54) is 17.2 Å². The van der Waals surface area contributed by atoms with Crippen LogP contribution in [0, 0.1) is 0 Å². The van der Waals surface area contributed by atoms with E-state index >= 15 is 0 Å². The van der Waals surface area contributed by atoms with Gasteiger partial charge in [0.15, 0.2) is 12.4 Å². The lowest BCUT2D eigenvalue weighted by Gasteiger charge is -2.16. The Morgan fingerprint density at radius 2 is 2.23 bits per heavy atom. The predicted molar refractivity (Wildman–Crippen MR) is 110 cm³/mol. The molecule has 4 rings (SSSR count). The van der Waals surface area contributed by atoms with Crippen molar-refractivity contribution in [1.82, 2.24) is 20.1 Å². The molecule has 0 bridgehead atoms. The summed E-state index contributed by atoms with van der Waals surface area (Å²) >= 11 is 1.16. The van der Waals surface area contributed by atoms with Crippen LogP contribution in [0.5, 0.6) is 0 Å². The molecule has 31 heavy (non-hydrogen) atoms. The zero-order valence-electron chi connectivity index (χ0n) is 16.5. The minimum absolute atomic E-state index is 0.00376. The summed E-state index contributed by atoms with van der Waals surface area (Å²) in [4.78, 5) is 9.47. The van der Waals surface area contributed by atoms with Gasteiger partial charge in [0.25, 0.3) is 0 Å². The van der Waals surface area contributed by atoms with Crippen molar-refractivity contribution in [2.45, 2.75) is 31.4 Å². The largest absolute Gasteiger partial charge is 0.393 e. The van der Waals surface area contributed by atoms with E-state index in [2.05, 4.69) is 25.9 Å². The molecule has 1 aromatic carbocycles. The lowest BCUT2D eigenvalue weighted by atomic mass is 10.1. The van der Waals surface area contributed by atoms with Crippen molar-refractivity contribution in [2.75, 3.05) is 18.4 Å². The molecule has 12 heteroatoms. The standard InChI is InChI=1S/C19H20F4N6OS/c1-29-10-25-17(28-29)9-30-26-8-16-12(5-19(21,22)23)11-3-2-4-14(18(11)31-16)27-15-7-24-6-13(15)20/h2-4,8,10,13,15,24,27H,5-7,9H2,1H3/b26-8+/t13-,15+/m0/s1. The van der Waals surface area contributed by atoms with Gasteiger partial charge < -0.3 is 15.5 Å². The number of rotatable bonds is 7. The molecular formula is C19H20F4N6OS. The molecule has 0 saturated carbocycles. The maximum Gasteiger partial charge on any atom is 0.393 e. The van der Waals surface area contributed by atoms with E-state index in [1.807, 2.05) is 0 Å². The van der Waals surface area contributed by atoms with Crippen LogP contribution in [0.25, 0.3) is 10.1 Å². The number of benzene rings is 1. The third-order valence-corrected chi connectivity index (χ3v) is 6.01. The molecule has 2 N–H and O–H groups in total. The van der Waals surface area contributed by atoms with Crippen LogP contribution in [0.15, 0.2) is 29.7 Å². The van der Waals surface area contributed by atoms with Crippen molar-refractivity contribution in [2.24, 2.45) is 12.2 Å². The molecule has 166 valence electrons. The number of halogens is 4. The lowest BCUT2D eigenvalue weighted by molar-refractivity contribution is -0.126. The number of nitrogens with one attached hydrogen (secondary N) is 2. The summed E-state index contributed by atoms with van der Waals surface area (Å²) < 4.78 is 55.9. The van der Waals surface area contributed by atoms with E-state index in [4.69, 9.17) is 4.84 Å². The fraction of sp³-hybridized carbons (Fsp3) is 0.421. The van der Waals surface area contributed by atoms with E-state index in [9.17, 15) is 17.6 Å². The Labute approximate surface area is 179 Å². The highest BCUT2D eigenvalue weighted by Crippen LogP contribution is 2.39. The monoisotopic (exact) mass is 456 g/mol. The van der Waals surface area contributed by atoms with Crippen LogP contribution in [-0.2, 0) is 24.9 Å². The smallest absolute Gasteiger partial charge is 0.387 e. The van der Waals surface area contributed by atoms with Gasteiger partial charge in [-0.25, -0.2) is 9.37 Å². The molecule has 3 aromatic rings. The van der Waals surface area contributed by atoms with Gasteiger partial charge in [0.05, 0.1) is 33.9 Å². The number of nitrogens with zero attached hydrogens (tertiary/aromatic N) is 4. The Hall–Kier alpha value is -2.73. The second kappa shape index (κ2) is 8.79. The van der Waals surface area contributed by atoms with Gasteiger partial charge in [-0.2, -0.15) is 18.3 Å². The average molecular weight is 456 g/mol. The quantitative estimate of drug-likeness (QED) is 0.324. The number of hydrogen-bond donors (Lipinski definition) is 2. The zero-order chi connectivity index (χ0) is 22.0. The van der Waals surface area contributed by atoms with Crippen LogP contribution in [0.2, 0.25) is 0 Å². The fourth-order valence-corrected chi connectivity index (χ4v) is 4.57. The van der Waals surface area contributed by atoms with Crippen LogP contribution >= 0.6 is 11.3 Å². The second-order valence-electron chi connectivity index (χ2n) is 7.19. The van der Waals surface area contributed by atoms with Crippen LogP contribution < -0.4 is 10.6 Å². The normalized spacial score (nSPS) is 19.5. The van der Waals surface area contributed by atoms with Crippen molar-refractivity contribution < 1.29 is 22.4 Å². The summed E-state index contributed by atoms with van der Waals surface area (Å²) in [6.07, 6.45) is -3.78. The molecule has 2 atom stereocenters. The van der Waals surface area contributed by atoms with E-state index < -0.39 is 24.8 Å². The molecule has 7 nitrogen and oxygen atoms in total. The highest BCUT2D eigenvalue weighted by molar-refractivity contribution is 7.21. The molecule has 3 heterocycles. The first-order valence-electron chi connectivity index (χ1n) is 9.52. The minimum atomic E-state index is -4.39. The van der Waals surface area contributed by atoms with E-state index in [0.29, 0.717) is 33.0 Å². The molecule has 1 saturated heterocycles. The summed E-state index contributed by atoms with van der Waals surface area (Å²) in [7, 11) is 1.71. The predicted octanol–water partition coefficient (Wildman–Crippen LogP) is 3.41. The van der Waals surface area contributed by atoms with E-state index in [1.54, 1.807) is 25.2 Å². The topological polar surface area (TPSA) is 76.4 Å². The molecule has 0 amide bonds. The van der Waals surface area contributed by atoms with Gasteiger partial charge in [-0.05, 0) is 17.0 Å². The molecule has 0 aliphatic carbocycles. The molecule has 1 fully saturated rings. The van der Waals surface area contributed by atoms with Gasteiger partial charge in [-0.3, -0.25) is 4.68 Å². The third-order valence-electron chi connectivity index (χ3n) is 4.79. The number of fused-ring (bicyclic) bond motifs is 1. The Balaban J connectivity index is 1.61. The maximum absolute atomic E-state index is 14.0. The zero-order valence-corrected chi connectivity index (χ0v) is 17.3. The van der Waals surface area contributed by atoms with Crippen LogP contribution in [-0.4, -0.2) is 52.5 Å². The van der Waals surface area contributed by atoms with Gasteiger partial charge in [-0.1, -0.05) is 17.3 Å². The molecule has 1 aliphatic rings. The Morgan fingerprint density at radius 3 is 2.90 bits per heavy atom. The number of oxime groups is 1. The molecule has 0 spiro atoms. The van der Waals surface area contributed by atoms with Crippen molar-refractivity contribution in [1.29, 1.82) is 0 Å². The SMILES string of the molecule is Cn1cnc(CO/N=C/c2sc3c(N[C@@H]4CNC[C@@H]4F)cccc3c2CC(F)(F)F)n1. The lowest BCUT2D eigenvalue weighted by Crippen LogP contribution is -2.29. The van der Waals surface area contributed by atoms with Crippen molar-refractivity contribution in [3.63, 3.8) is 0 Å². The summed E-state index contributed by atoms with van der Waals surface area (Å²) in [5, 5.41) is 14.4. The average Bonchev–Trinajstić information content (AvgIpc) is 3.39. The van der Waals surface area contributed by atoms with Gasteiger partial charge in [-0.15, -0.1) is 11.3 Å². The summed E-state index contributed by atoms with van der Waals surface area (Å²) in [6, 6.07) is 4.60. The van der Waals surface area contributed by atoms with Crippen LogP contribution in [0.1, 0.15) is 16.3 Å². The van der Waals surface area contributed by atoms with Crippen LogP contribution in [0.4, 0.5) is 23.2 Å². The maximum atomic E-state index is 14.0. The van der Waals surface area contributed by atoms with Gasteiger partial charge in [0.1, 0.15) is 12.5 Å². The number of aromatic nitrogens is 3. The first-order chi connectivity index (χ1) is 14.8. The molecule has 0 unspecified atom stereocenters. The van der Waals surface area contributed by atoms with E-state index in [-0.39, 0.29) is 18.7 Å². The molecule has 0 radical (unpaired) electrons. The van der Waals surface area contributed by atoms with Crippen molar-refractivity contribution in [3.8, 4) is 0 Å². The number of thiophene rings is 1. The van der Waals surface area contributed by atoms with Gasteiger partial charge in [0.2, 0.25) is 0 Å². The molecule has 2 aromatic heterocycles. The van der Waals surface area contributed by atoms with E-state index in [0.717, 1.165) is 11.3 Å². The second-order valence-corrected chi connectivity index (χ2v) is 8.24. The van der Waals surface area contributed by atoms with Crippen molar-refractivity contribution >= 4 is 33.3 Å². The number of anilines is 1. The fourth-order valence-electron chi connectivity index (χ4n) is 3.41. The highest BCUT2D eigenvalue weighted by atomic mass is 32.1. The first kappa shape index (κ1) is 21.5. The summed E-state index contributed by atoms with van der Waals surface area (Å²) in [5.74, 6) is 0.406. The Bertz CT molecular complexity index is 1080. The first-order valence-corrected chi connectivity index (χ1v) is 10.3. The molecule has 1 aliphatic heterocycles. The molecular weight excluding hydrogens is 436 g/mol.